The molecule has 2 N–H and O–H groups in total. The molecule has 1 aromatic carbocycles. The van der Waals surface area contributed by atoms with Crippen molar-refractivity contribution in [1.29, 1.82) is 5.26 Å². The van der Waals surface area contributed by atoms with Gasteiger partial charge in [-0.3, -0.25) is 0 Å². The van der Waals surface area contributed by atoms with Crippen LogP contribution in [-0.4, -0.2) is 36.4 Å². The molecule has 0 bridgehead atoms. The van der Waals surface area contributed by atoms with Crippen LogP contribution in [0.2, 0.25) is 0 Å². The number of aliphatic hydroxyl groups is 1. The second-order valence-electron chi connectivity index (χ2n) is 5.63. The van der Waals surface area contributed by atoms with Gasteiger partial charge in [-0.15, -0.1) is 0 Å². The maximum Gasteiger partial charge on any atom is 0.0991 e. The van der Waals surface area contributed by atoms with E-state index in [1.54, 1.807) is 0 Å². The summed E-state index contributed by atoms with van der Waals surface area (Å²) < 4.78 is 0. The number of aliphatic hydroxyl groups excluding tert-OH is 1. The van der Waals surface area contributed by atoms with Crippen LogP contribution in [0.1, 0.15) is 25.8 Å². The van der Waals surface area contributed by atoms with E-state index in [0.717, 1.165) is 25.2 Å². The Morgan fingerprint density at radius 3 is 2.68 bits per heavy atom. The van der Waals surface area contributed by atoms with Gasteiger partial charge in [0.05, 0.1) is 24.3 Å². The van der Waals surface area contributed by atoms with Gasteiger partial charge in [-0.05, 0) is 51.1 Å². The molecule has 102 valence electrons. The van der Waals surface area contributed by atoms with E-state index < -0.39 is 0 Å². The highest BCUT2D eigenvalue weighted by Crippen LogP contribution is 2.30. The second kappa shape index (κ2) is 5.60. The Labute approximate surface area is 114 Å². The Kier molecular flexibility index (Phi) is 4.08. The van der Waals surface area contributed by atoms with Gasteiger partial charge in [0.1, 0.15) is 0 Å². The molecule has 1 aromatic rings. The van der Waals surface area contributed by atoms with Crippen molar-refractivity contribution >= 4 is 5.69 Å². The number of nitrogens with zero attached hydrogens (tertiary/aromatic N) is 2. The zero-order valence-corrected chi connectivity index (χ0v) is 11.6. The molecular weight excluding hydrogens is 238 g/mol. The van der Waals surface area contributed by atoms with Crippen LogP contribution in [0.3, 0.4) is 0 Å². The highest BCUT2D eigenvalue weighted by Gasteiger charge is 2.34. The summed E-state index contributed by atoms with van der Waals surface area (Å²) >= 11 is 0. The number of rotatable bonds is 2. The number of nitrogens with one attached hydrogen (secondary N) is 1. The van der Waals surface area contributed by atoms with Crippen LogP contribution in [0.4, 0.5) is 5.69 Å². The molecule has 0 aromatic heterocycles. The molecule has 1 atom stereocenters. The first-order valence-corrected chi connectivity index (χ1v) is 6.69. The minimum atomic E-state index is -0.0228. The third-order valence-corrected chi connectivity index (χ3v) is 3.80. The fourth-order valence-electron chi connectivity index (χ4n) is 2.77. The van der Waals surface area contributed by atoms with Crippen LogP contribution in [0.25, 0.3) is 0 Å². The van der Waals surface area contributed by atoms with E-state index in [-0.39, 0.29) is 18.2 Å². The van der Waals surface area contributed by atoms with Crippen LogP contribution in [-0.2, 0) is 0 Å². The van der Waals surface area contributed by atoms with Crippen molar-refractivity contribution in [3.05, 3.63) is 29.8 Å². The minimum absolute atomic E-state index is 0.0228. The number of benzene rings is 1. The van der Waals surface area contributed by atoms with E-state index in [4.69, 9.17) is 5.26 Å². The summed E-state index contributed by atoms with van der Waals surface area (Å²) in [6.45, 7) is 6.24. The fraction of sp³-hybridized carbons (Fsp3) is 0.533. The summed E-state index contributed by atoms with van der Waals surface area (Å²) in [5.74, 6) is 0. The van der Waals surface area contributed by atoms with Crippen molar-refractivity contribution in [1.82, 2.24) is 5.32 Å². The molecule has 2 rings (SSSR count). The lowest BCUT2D eigenvalue weighted by Gasteiger charge is -2.43. The lowest BCUT2D eigenvalue weighted by Crippen LogP contribution is -2.52. The zero-order chi connectivity index (χ0) is 13.9. The SMILES string of the molecule is CC1(C)CCNCC(CO)N1c1ccc(C#N)cc1. The molecule has 1 aliphatic heterocycles. The van der Waals surface area contributed by atoms with Crippen molar-refractivity contribution in [2.75, 3.05) is 24.6 Å². The van der Waals surface area contributed by atoms with Gasteiger partial charge in [-0.25, -0.2) is 0 Å². The third kappa shape index (κ3) is 2.89. The second-order valence-corrected chi connectivity index (χ2v) is 5.63. The third-order valence-electron chi connectivity index (χ3n) is 3.80. The molecule has 0 spiro atoms. The highest BCUT2D eigenvalue weighted by atomic mass is 16.3. The van der Waals surface area contributed by atoms with Gasteiger partial charge in [0, 0.05) is 17.8 Å². The van der Waals surface area contributed by atoms with Gasteiger partial charge < -0.3 is 15.3 Å². The van der Waals surface area contributed by atoms with Crippen molar-refractivity contribution in [3.63, 3.8) is 0 Å². The number of nitriles is 1. The zero-order valence-electron chi connectivity index (χ0n) is 11.6. The predicted octanol–water partition coefficient (Wildman–Crippen LogP) is 1.50. The van der Waals surface area contributed by atoms with E-state index in [2.05, 4.69) is 30.1 Å². The Balaban J connectivity index is 2.37. The molecule has 1 aliphatic rings. The summed E-state index contributed by atoms with van der Waals surface area (Å²) in [7, 11) is 0. The fourth-order valence-corrected chi connectivity index (χ4v) is 2.77. The molecule has 4 nitrogen and oxygen atoms in total. The molecule has 1 heterocycles. The normalized spacial score (nSPS) is 22.6. The average molecular weight is 259 g/mol. The number of anilines is 1. The minimum Gasteiger partial charge on any atom is -0.394 e. The molecule has 0 saturated carbocycles. The summed E-state index contributed by atoms with van der Waals surface area (Å²) in [5.41, 5.74) is 1.70. The lowest BCUT2D eigenvalue weighted by atomic mass is 9.95. The van der Waals surface area contributed by atoms with Gasteiger partial charge >= 0.3 is 0 Å². The smallest absolute Gasteiger partial charge is 0.0991 e. The lowest BCUT2D eigenvalue weighted by molar-refractivity contribution is 0.245. The summed E-state index contributed by atoms with van der Waals surface area (Å²) in [6.07, 6.45) is 1.02. The van der Waals surface area contributed by atoms with Gasteiger partial charge in [0.2, 0.25) is 0 Å². The standard InChI is InChI=1S/C15H21N3O/c1-15(2)7-8-17-10-14(11-19)18(15)13-5-3-12(9-16)4-6-13/h3-6,14,17,19H,7-8,10-11H2,1-2H3. The van der Waals surface area contributed by atoms with Crippen LogP contribution in [0.5, 0.6) is 0 Å². The number of hydrogen-bond acceptors (Lipinski definition) is 4. The van der Waals surface area contributed by atoms with Crippen LogP contribution < -0.4 is 10.2 Å². The van der Waals surface area contributed by atoms with E-state index in [1.165, 1.54) is 0 Å². The van der Waals surface area contributed by atoms with Crippen molar-refractivity contribution in [2.24, 2.45) is 0 Å². The maximum atomic E-state index is 9.65. The molecule has 1 unspecified atom stereocenters. The molecule has 4 heteroatoms. The van der Waals surface area contributed by atoms with Gasteiger partial charge in [0.25, 0.3) is 0 Å². The van der Waals surface area contributed by atoms with E-state index in [9.17, 15) is 5.11 Å². The summed E-state index contributed by atoms with van der Waals surface area (Å²) in [5, 5.41) is 21.9. The maximum absolute atomic E-state index is 9.65. The van der Waals surface area contributed by atoms with Crippen LogP contribution in [0.15, 0.2) is 24.3 Å². The largest absolute Gasteiger partial charge is 0.394 e. The average Bonchev–Trinajstić information content (AvgIpc) is 2.56. The number of hydrogen-bond donors (Lipinski definition) is 2. The Hall–Kier alpha value is -1.57. The molecule has 1 fully saturated rings. The monoisotopic (exact) mass is 259 g/mol. The molecule has 0 amide bonds. The Bertz CT molecular complexity index is 461. The summed E-state index contributed by atoms with van der Waals surface area (Å²) in [6, 6.07) is 9.79. The van der Waals surface area contributed by atoms with Gasteiger partial charge in [-0.1, -0.05) is 0 Å². The van der Waals surface area contributed by atoms with E-state index in [0.29, 0.717) is 5.56 Å². The first kappa shape index (κ1) is 13.9. The van der Waals surface area contributed by atoms with E-state index in [1.807, 2.05) is 24.3 Å². The van der Waals surface area contributed by atoms with Gasteiger partial charge in [0.15, 0.2) is 0 Å². The molecule has 0 radical (unpaired) electrons. The summed E-state index contributed by atoms with van der Waals surface area (Å²) in [4.78, 5) is 2.27. The molecular formula is C15H21N3O. The molecule has 0 aliphatic carbocycles. The van der Waals surface area contributed by atoms with Crippen molar-refractivity contribution in [3.8, 4) is 6.07 Å². The first-order chi connectivity index (χ1) is 9.08. The van der Waals surface area contributed by atoms with Crippen LogP contribution >= 0.6 is 0 Å². The highest BCUT2D eigenvalue weighted by molar-refractivity contribution is 5.53. The Morgan fingerprint density at radius 1 is 1.42 bits per heavy atom. The first-order valence-electron chi connectivity index (χ1n) is 6.69. The Morgan fingerprint density at radius 2 is 2.11 bits per heavy atom. The predicted molar refractivity (Wildman–Crippen MR) is 76.1 cm³/mol. The van der Waals surface area contributed by atoms with Crippen molar-refractivity contribution in [2.45, 2.75) is 31.8 Å². The molecule has 19 heavy (non-hydrogen) atoms. The molecule has 1 saturated heterocycles. The van der Waals surface area contributed by atoms with Crippen molar-refractivity contribution < 1.29 is 5.11 Å². The topological polar surface area (TPSA) is 59.3 Å². The van der Waals surface area contributed by atoms with E-state index >= 15 is 0 Å². The van der Waals surface area contributed by atoms with Gasteiger partial charge in [-0.2, -0.15) is 5.26 Å². The van der Waals surface area contributed by atoms with Crippen LogP contribution in [0, 0.1) is 11.3 Å². The quantitative estimate of drug-likeness (QED) is 0.845.